The van der Waals surface area contributed by atoms with E-state index in [2.05, 4.69) is 0 Å². The van der Waals surface area contributed by atoms with Gasteiger partial charge < -0.3 is 9.47 Å². The summed E-state index contributed by atoms with van der Waals surface area (Å²) in [7, 11) is 2.54. The fourth-order valence-corrected chi connectivity index (χ4v) is 2.44. The van der Waals surface area contributed by atoms with Gasteiger partial charge in [-0.15, -0.1) is 0 Å². The standard InChI is InChI=1S/C17H18O4/c1-11(15(16(18)20-2)17(19)21-3)13-9-8-12-6-4-5-7-14(12)10-13/h4-11,15H,1-3H3/t11-/m1/s1. The van der Waals surface area contributed by atoms with Crippen LogP contribution in [0.4, 0.5) is 0 Å². The van der Waals surface area contributed by atoms with E-state index in [1.807, 2.05) is 49.4 Å². The average Bonchev–Trinajstić information content (AvgIpc) is 2.53. The second kappa shape index (κ2) is 6.39. The number of fused-ring (bicyclic) bond motifs is 1. The SMILES string of the molecule is COC(=O)C(C(=O)OC)[C@H](C)c1ccc2ccccc2c1. The van der Waals surface area contributed by atoms with Gasteiger partial charge in [0.2, 0.25) is 0 Å². The van der Waals surface area contributed by atoms with E-state index in [0.29, 0.717) is 0 Å². The van der Waals surface area contributed by atoms with E-state index < -0.39 is 17.9 Å². The first-order chi connectivity index (χ1) is 10.1. The molecule has 0 heterocycles. The van der Waals surface area contributed by atoms with E-state index in [0.717, 1.165) is 16.3 Å². The molecule has 0 saturated heterocycles. The molecule has 0 N–H and O–H groups in total. The van der Waals surface area contributed by atoms with Crippen molar-refractivity contribution < 1.29 is 19.1 Å². The molecule has 0 aromatic heterocycles. The maximum Gasteiger partial charge on any atom is 0.320 e. The van der Waals surface area contributed by atoms with Crippen molar-refractivity contribution in [3.8, 4) is 0 Å². The summed E-state index contributed by atoms with van der Waals surface area (Å²) in [4.78, 5) is 23.7. The van der Waals surface area contributed by atoms with Gasteiger partial charge in [-0.05, 0) is 16.3 Å². The van der Waals surface area contributed by atoms with Gasteiger partial charge in [-0.3, -0.25) is 9.59 Å². The highest BCUT2D eigenvalue weighted by molar-refractivity contribution is 5.96. The summed E-state index contributed by atoms with van der Waals surface area (Å²) in [6.07, 6.45) is 0. The highest BCUT2D eigenvalue weighted by atomic mass is 16.5. The minimum Gasteiger partial charge on any atom is -0.468 e. The zero-order valence-electron chi connectivity index (χ0n) is 12.3. The molecule has 0 spiro atoms. The Balaban J connectivity index is 2.40. The predicted molar refractivity (Wildman–Crippen MR) is 79.9 cm³/mol. The third-order valence-electron chi connectivity index (χ3n) is 3.71. The molecule has 4 heteroatoms. The van der Waals surface area contributed by atoms with E-state index in [4.69, 9.17) is 9.47 Å². The molecule has 4 nitrogen and oxygen atoms in total. The van der Waals surface area contributed by atoms with Gasteiger partial charge in [-0.25, -0.2) is 0 Å². The lowest BCUT2D eigenvalue weighted by molar-refractivity contribution is -0.159. The monoisotopic (exact) mass is 286 g/mol. The van der Waals surface area contributed by atoms with Crippen molar-refractivity contribution in [1.82, 2.24) is 0 Å². The van der Waals surface area contributed by atoms with Gasteiger partial charge >= 0.3 is 11.9 Å². The van der Waals surface area contributed by atoms with Crippen LogP contribution in [-0.4, -0.2) is 26.2 Å². The number of ether oxygens (including phenoxy) is 2. The first-order valence-electron chi connectivity index (χ1n) is 6.73. The first kappa shape index (κ1) is 15.0. The number of hydrogen-bond donors (Lipinski definition) is 0. The van der Waals surface area contributed by atoms with E-state index in [9.17, 15) is 9.59 Å². The second-order valence-corrected chi connectivity index (χ2v) is 4.92. The van der Waals surface area contributed by atoms with E-state index in [-0.39, 0.29) is 5.92 Å². The fraction of sp³-hybridized carbons (Fsp3) is 0.294. The van der Waals surface area contributed by atoms with Gasteiger partial charge in [0.05, 0.1) is 14.2 Å². The summed E-state index contributed by atoms with van der Waals surface area (Å²) in [5.74, 6) is -2.44. The van der Waals surface area contributed by atoms with Crippen LogP contribution in [0.1, 0.15) is 18.4 Å². The van der Waals surface area contributed by atoms with Crippen LogP contribution in [0, 0.1) is 5.92 Å². The zero-order chi connectivity index (χ0) is 15.4. The summed E-state index contributed by atoms with van der Waals surface area (Å²) in [5, 5.41) is 2.18. The van der Waals surface area contributed by atoms with Crippen molar-refractivity contribution in [2.24, 2.45) is 5.92 Å². The van der Waals surface area contributed by atoms with Crippen LogP contribution in [0.15, 0.2) is 42.5 Å². The van der Waals surface area contributed by atoms with E-state index >= 15 is 0 Å². The molecule has 2 aromatic carbocycles. The topological polar surface area (TPSA) is 52.6 Å². The summed E-state index contributed by atoms with van der Waals surface area (Å²) >= 11 is 0. The molecule has 0 fully saturated rings. The smallest absolute Gasteiger partial charge is 0.320 e. The van der Waals surface area contributed by atoms with Crippen LogP contribution >= 0.6 is 0 Å². The molecule has 1 atom stereocenters. The van der Waals surface area contributed by atoms with Crippen molar-refractivity contribution in [1.29, 1.82) is 0 Å². The molecule has 0 aliphatic heterocycles. The molecule has 0 aliphatic rings. The molecular weight excluding hydrogens is 268 g/mol. The van der Waals surface area contributed by atoms with Crippen LogP contribution in [0.2, 0.25) is 0 Å². The fourth-order valence-electron chi connectivity index (χ4n) is 2.44. The van der Waals surface area contributed by atoms with Crippen LogP contribution in [-0.2, 0) is 19.1 Å². The zero-order valence-corrected chi connectivity index (χ0v) is 12.3. The van der Waals surface area contributed by atoms with Crippen molar-refractivity contribution in [2.75, 3.05) is 14.2 Å². The molecule has 110 valence electrons. The summed E-state index contributed by atoms with van der Waals surface area (Å²) < 4.78 is 9.45. The van der Waals surface area contributed by atoms with Gasteiger partial charge in [-0.2, -0.15) is 0 Å². The Hall–Kier alpha value is -2.36. The molecule has 0 amide bonds. The van der Waals surface area contributed by atoms with Gasteiger partial charge in [0.25, 0.3) is 0 Å². The van der Waals surface area contributed by atoms with Crippen LogP contribution in [0.5, 0.6) is 0 Å². The third-order valence-corrected chi connectivity index (χ3v) is 3.71. The molecule has 0 bridgehead atoms. The average molecular weight is 286 g/mol. The lowest BCUT2D eigenvalue weighted by Gasteiger charge is -2.20. The Morgan fingerprint density at radius 1 is 0.905 bits per heavy atom. The molecule has 2 aromatic rings. The number of hydrogen-bond acceptors (Lipinski definition) is 4. The number of esters is 2. The maximum atomic E-state index is 11.9. The molecule has 0 aliphatic carbocycles. The maximum absolute atomic E-state index is 11.9. The van der Waals surface area contributed by atoms with E-state index in [1.54, 1.807) is 0 Å². The van der Waals surface area contributed by atoms with Gasteiger partial charge in [0.15, 0.2) is 5.92 Å². The normalized spacial score (nSPS) is 12.2. The van der Waals surface area contributed by atoms with Crippen LogP contribution in [0.3, 0.4) is 0 Å². The van der Waals surface area contributed by atoms with Crippen molar-refractivity contribution in [3.63, 3.8) is 0 Å². The Labute approximate surface area is 123 Å². The van der Waals surface area contributed by atoms with Gasteiger partial charge in [0, 0.05) is 5.92 Å². The largest absolute Gasteiger partial charge is 0.468 e. The van der Waals surface area contributed by atoms with Gasteiger partial charge in [-0.1, -0.05) is 49.4 Å². The van der Waals surface area contributed by atoms with Gasteiger partial charge in [0.1, 0.15) is 0 Å². The second-order valence-electron chi connectivity index (χ2n) is 4.92. The van der Waals surface area contributed by atoms with E-state index in [1.165, 1.54) is 14.2 Å². The number of rotatable bonds is 4. The quantitative estimate of drug-likeness (QED) is 0.640. The number of carbonyl (C=O) groups excluding carboxylic acids is 2. The summed E-state index contributed by atoms with van der Waals surface area (Å²) in [6.45, 7) is 1.82. The highest BCUT2D eigenvalue weighted by Crippen LogP contribution is 2.29. The molecule has 2 rings (SSSR count). The Bertz CT molecular complexity index is 647. The molecule has 21 heavy (non-hydrogen) atoms. The molecular formula is C17H18O4. The minimum atomic E-state index is -0.957. The molecule has 0 radical (unpaired) electrons. The number of benzene rings is 2. The molecule has 0 unspecified atom stereocenters. The van der Waals surface area contributed by atoms with Crippen molar-refractivity contribution >= 4 is 22.7 Å². The molecule has 0 saturated carbocycles. The summed E-state index contributed by atoms with van der Waals surface area (Å²) in [6, 6.07) is 13.8. The van der Waals surface area contributed by atoms with Crippen molar-refractivity contribution in [3.05, 3.63) is 48.0 Å². The Morgan fingerprint density at radius 2 is 1.48 bits per heavy atom. The lowest BCUT2D eigenvalue weighted by atomic mass is 9.86. The lowest BCUT2D eigenvalue weighted by Crippen LogP contribution is -2.31. The Kier molecular flexibility index (Phi) is 4.58. The Morgan fingerprint density at radius 3 is 2.05 bits per heavy atom. The van der Waals surface area contributed by atoms with Crippen LogP contribution in [0.25, 0.3) is 10.8 Å². The minimum absolute atomic E-state index is 0.325. The first-order valence-corrected chi connectivity index (χ1v) is 6.73. The summed E-state index contributed by atoms with van der Waals surface area (Å²) in [5.41, 5.74) is 0.898. The number of carbonyl (C=O) groups is 2. The van der Waals surface area contributed by atoms with Crippen LogP contribution < -0.4 is 0 Å². The third kappa shape index (κ3) is 3.05. The number of methoxy groups -OCH3 is 2. The van der Waals surface area contributed by atoms with Crippen molar-refractivity contribution in [2.45, 2.75) is 12.8 Å². The predicted octanol–water partition coefficient (Wildman–Crippen LogP) is 2.91. The highest BCUT2D eigenvalue weighted by Gasteiger charge is 2.35.